The zero-order valence-corrected chi connectivity index (χ0v) is 21.4. The third-order valence-corrected chi connectivity index (χ3v) is 5.80. The Bertz CT molecular complexity index is 1680. The second kappa shape index (κ2) is 12.2. The number of imidazole rings is 1. The minimum absolute atomic E-state index is 0.0859. The average Bonchev–Trinajstić information content (AvgIpc) is 3.55. The van der Waals surface area contributed by atoms with Crippen LogP contribution in [0.5, 0.6) is 0 Å². The number of nitrogens with zero attached hydrogens (tertiary/aromatic N) is 3. The van der Waals surface area contributed by atoms with Crippen LogP contribution in [0.4, 0.5) is 32.0 Å². The predicted molar refractivity (Wildman–Crippen MR) is 140 cm³/mol. The largest absolute Gasteiger partial charge is 0.481 e. The van der Waals surface area contributed by atoms with Crippen LogP contribution in [0.2, 0.25) is 0 Å². The number of hydrogen-bond acceptors (Lipinski definition) is 4. The van der Waals surface area contributed by atoms with E-state index < -0.39 is 48.2 Å². The van der Waals surface area contributed by atoms with E-state index >= 15 is 0 Å². The van der Waals surface area contributed by atoms with Gasteiger partial charge in [-0.1, -0.05) is 48.5 Å². The van der Waals surface area contributed by atoms with Gasteiger partial charge in [-0.3, -0.25) is 9.59 Å². The molecule has 0 saturated carbocycles. The van der Waals surface area contributed by atoms with Crippen molar-refractivity contribution >= 4 is 28.6 Å². The van der Waals surface area contributed by atoms with Crippen molar-refractivity contribution in [2.24, 2.45) is 0 Å². The van der Waals surface area contributed by atoms with E-state index in [1.54, 1.807) is 0 Å². The van der Waals surface area contributed by atoms with Crippen molar-refractivity contribution in [3.8, 4) is 5.95 Å². The molecule has 0 bridgehead atoms. The number of fused-ring (bicyclic) bond motifs is 1. The highest BCUT2D eigenvalue weighted by Crippen LogP contribution is 2.33. The number of H-pyrrole nitrogens is 1. The number of carbonyl (C=O) groups excluding carboxylic acids is 1. The Morgan fingerprint density at radius 2 is 1.36 bits per heavy atom. The van der Waals surface area contributed by atoms with Gasteiger partial charge in [-0.25, -0.2) is 9.67 Å². The molecule has 0 atom stereocenters. The molecule has 0 aliphatic heterocycles. The Morgan fingerprint density at radius 1 is 0.810 bits per heavy atom. The van der Waals surface area contributed by atoms with Crippen LogP contribution in [0.25, 0.3) is 17.0 Å². The van der Waals surface area contributed by atoms with Crippen molar-refractivity contribution in [1.82, 2.24) is 19.7 Å². The van der Waals surface area contributed by atoms with Crippen molar-refractivity contribution < 1.29 is 41.0 Å². The quantitative estimate of drug-likeness (QED) is 0.202. The minimum atomic E-state index is -4.51. The topological polar surface area (TPSA) is 113 Å². The molecule has 0 unspecified atom stereocenters. The molecule has 5 rings (SSSR count). The molecule has 0 aliphatic carbocycles. The Balaban J connectivity index is 0.000000244. The first kappa shape index (κ1) is 29.8. The maximum Gasteiger partial charge on any atom is 0.416 e. The van der Waals surface area contributed by atoms with E-state index in [-0.39, 0.29) is 11.1 Å². The van der Waals surface area contributed by atoms with Gasteiger partial charge in [0.1, 0.15) is 0 Å². The van der Waals surface area contributed by atoms with Crippen LogP contribution in [0.15, 0.2) is 85.2 Å². The highest BCUT2D eigenvalue weighted by atomic mass is 19.4. The van der Waals surface area contributed by atoms with Crippen molar-refractivity contribution in [2.75, 3.05) is 5.32 Å². The molecule has 2 heterocycles. The molecule has 14 heteroatoms. The molecular formula is C28H21F6N5O3. The lowest BCUT2D eigenvalue weighted by molar-refractivity contribution is -0.140. The monoisotopic (exact) mass is 589 g/mol. The second-order valence-corrected chi connectivity index (χ2v) is 8.86. The summed E-state index contributed by atoms with van der Waals surface area (Å²) in [6.45, 7) is 0. The highest BCUT2D eigenvalue weighted by molar-refractivity contribution is 5.92. The maximum absolute atomic E-state index is 13.0. The summed E-state index contributed by atoms with van der Waals surface area (Å²) in [4.78, 5) is 30.0. The Morgan fingerprint density at radius 3 is 1.93 bits per heavy atom. The number of aromatic nitrogens is 4. The summed E-state index contributed by atoms with van der Waals surface area (Å²) in [5.41, 5.74) is -0.0465. The molecule has 42 heavy (non-hydrogen) atoms. The first-order valence-electron chi connectivity index (χ1n) is 12.1. The molecule has 8 nitrogen and oxygen atoms in total. The Hall–Kier alpha value is -5.14. The van der Waals surface area contributed by atoms with Crippen molar-refractivity contribution in [1.29, 1.82) is 0 Å². The van der Waals surface area contributed by atoms with E-state index in [1.807, 2.05) is 24.3 Å². The van der Waals surface area contributed by atoms with E-state index in [9.17, 15) is 35.9 Å². The number of carbonyl (C=O) groups is 2. The van der Waals surface area contributed by atoms with Gasteiger partial charge in [0, 0.05) is 0 Å². The van der Waals surface area contributed by atoms with E-state index in [2.05, 4.69) is 20.4 Å². The fourth-order valence-electron chi connectivity index (χ4n) is 3.99. The number of anilines is 1. The van der Waals surface area contributed by atoms with Gasteiger partial charge in [0.25, 0.3) is 0 Å². The van der Waals surface area contributed by atoms with Gasteiger partial charge < -0.3 is 15.4 Å². The van der Waals surface area contributed by atoms with Gasteiger partial charge in [0.05, 0.1) is 53.1 Å². The molecule has 218 valence electrons. The van der Waals surface area contributed by atoms with E-state index in [0.717, 1.165) is 29.2 Å². The summed E-state index contributed by atoms with van der Waals surface area (Å²) in [6.07, 6.45) is -7.08. The summed E-state index contributed by atoms with van der Waals surface area (Å²) >= 11 is 0. The smallest absolute Gasteiger partial charge is 0.416 e. The molecule has 0 aliphatic rings. The van der Waals surface area contributed by atoms with Crippen molar-refractivity contribution in [2.45, 2.75) is 25.2 Å². The maximum atomic E-state index is 13.0. The average molecular weight is 589 g/mol. The molecule has 5 aromatic rings. The normalized spacial score (nSPS) is 11.6. The molecule has 3 aromatic carbocycles. The van der Waals surface area contributed by atoms with Gasteiger partial charge in [-0.15, -0.1) is 0 Å². The molecular weight excluding hydrogens is 568 g/mol. The molecule has 0 spiro atoms. The zero-order valence-electron chi connectivity index (χ0n) is 21.4. The van der Waals surface area contributed by atoms with Crippen molar-refractivity contribution in [3.05, 3.63) is 107 Å². The number of nitrogens with one attached hydrogen (secondary N) is 2. The number of amides is 1. The minimum Gasteiger partial charge on any atom is -0.481 e. The van der Waals surface area contributed by atoms with E-state index in [4.69, 9.17) is 5.11 Å². The summed E-state index contributed by atoms with van der Waals surface area (Å²) in [5.74, 6) is -1.38. The number of para-hydroxylation sites is 2. The number of hydrogen-bond donors (Lipinski definition) is 3. The number of aliphatic carboxylic acids is 1. The zero-order chi connectivity index (χ0) is 30.5. The molecule has 1 amide bonds. The number of benzene rings is 3. The van der Waals surface area contributed by atoms with Gasteiger partial charge in [-0.05, 0) is 35.4 Å². The van der Waals surface area contributed by atoms with Crippen LogP contribution in [-0.2, 0) is 34.8 Å². The highest BCUT2D eigenvalue weighted by Gasteiger charge is 2.34. The molecule has 0 saturated heterocycles. The summed E-state index contributed by atoms with van der Waals surface area (Å²) < 4.78 is 77.5. The van der Waals surface area contributed by atoms with Gasteiger partial charge in [0.15, 0.2) is 0 Å². The van der Waals surface area contributed by atoms with Crippen LogP contribution in [-0.4, -0.2) is 36.7 Å². The third kappa shape index (κ3) is 7.53. The standard InChI is InChI=1S/C19H14F3N5O.C9H7F3O2/c20-19(21,22)14-6-2-1-5-12(14)9-17(28)24-13-10-23-27(11-13)18-25-15-7-3-4-8-16(15)26-18;10-9(11,12)7-4-2-1-3-6(7)5-8(13)14/h1-8,10-11H,9H2,(H,24,28)(H,25,26);1-4H,5H2,(H,13,14). The molecule has 3 N–H and O–H groups in total. The number of carboxylic acid groups (broad SMARTS) is 1. The van der Waals surface area contributed by atoms with E-state index in [1.165, 1.54) is 47.4 Å². The summed E-state index contributed by atoms with van der Waals surface area (Å²) in [5, 5.41) is 15.1. The van der Waals surface area contributed by atoms with E-state index in [0.29, 0.717) is 11.6 Å². The van der Waals surface area contributed by atoms with Crippen LogP contribution >= 0.6 is 0 Å². The predicted octanol–water partition coefficient (Wildman–Crippen LogP) is 6.28. The number of halogens is 6. The number of rotatable bonds is 6. The lowest BCUT2D eigenvalue weighted by atomic mass is 10.0. The molecule has 0 fully saturated rings. The van der Waals surface area contributed by atoms with Crippen molar-refractivity contribution in [3.63, 3.8) is 0 Å². The fourth-order valence-corrected chi connectivity index (χ4v) is 3.99. The molecule has 0 radical (unpaired) electrons. The first-order chi connectivity index (χ1) is 19.8. The van der Waals surface area contributed by atoms with Gasteiger partial charge in [0.2, 0.25) is 11.9 Å². The van der Waals surface area contributed by atoms with Crippen LogP contribution in [0.3, 0.4) is 0 Å². The summed E-state index contributed by atoms with van der Waals surface area (Å²) in [6, 6.07) is 17.1. The third-order valence-electron chi connectivity index (χ3n) is 5.80. The van der Waals surface area contributed by atoms with Gasteiger partial charge in [-0.2, -0.15) is 31.4 Å². The number of aromatic amines is 1. The number of carboxylic acids is 1. The van der Waals surface area contributed by atoms with Crippen LogP contribution < -0.4 is 5.32 Å². The first-order valence-corrected chi connectivity index (χ1v) is 12.1. The van der Waals surface area contributed by atoms with Crippen LogP contribution in [0.1, 0.15) is 22.3 Å². The number of alkyl halides is 6. The SMILES string of the molecule is O=C(Cc1ccccc1C(F)(F)F)Nc1cnn(-c2nc3ccccc3[nH]2)c1.O=C(O)Cc1ccccc1C(F)(F)F. The lowest BCUT2D eigenvalue weighted by Crippen LogP contribution is -2.17. The second-order valence-electron chi connectivity index (χ2n) is 8.86. The van der Waals surface area contributed by atoms with Gasteiger partial charge >= 0.3 is 18.3 Å². The van der Waals surface area contributed by atoms with Crippen LogP contribution in [0, 0.1) is 0 Å². The lowest BCUT2D eigenvalue weighted by Gasteiger charge is -2.12. The molecule has 2 aromatic heterocycles. The summed E-state index contributed by atoms with van der Waals surface area (Å²) in [7, 11) is 0. The Kier molecular flexibility index (Phi) is 8.64. The Labute approximate surface area is 233 Å². The fraction of sp³-hybridized carbons (Fsp3) is 0.143.